The van der Waals surface area contributed by atoms with E-state index < -0.39 is 52.9 Å². The molecule has 0 fully saturated rings. The van der Waals surface area contributed by atoms with Gasteiger partial charge in [0, 0.05) is 67.6 Å². The molecule has 0 saturated heterocycles. The number of ether oxygens (including phenoxy) is 3. The quantitative estimate of drug-likeness (QED) is 0.0429. The van der Waals surface area contributed by atoms with E-state index in [9.17, 15) is 43.7 Å². The van der Waals surface area contributed by atoms with Crippen molar-refractivity contribution in [3.63, 3.8) is 0 Å². The number of anilines is 1. The van der Waals surface area contributed by atoms with Crippen molar-refractivity contribution >= 4 is 53.4 Å². The van der Waals surface area contributed by atoms with Crippen LogP contribution in [-0.4, -0.2) is 119 Å². The van der Waals surface area contributed by atoms with E-state index in [2.05, 4.69) is 4.90 Å². The number of fused-ring (bicyclic) bond motifs is 2. The number of hydrogen-bond acceptors (Lipinski definition) is 12. The molecule has 19 heteroatoms. The summed E-state index contributed by atoms with van der Waals surface area (Å²) in [5.41, 5.74) is 2.59. The van der Waals surface area contributed by atoms with E-state index in [0.717, 1.165) is 11.4 Å². The molecule has 2 unspecified atom stereocenters. The van der Waals surface area contributed by atoms with E-state index in [4.69, 9.17) is 19.3 Å². The van der Waals surface area contributed by atoms with Crippen LogP contribution in [0.2, 0.25) is 0 Å². The zero-order chi connectivity index (χ0) is 45.8. The highest BCUT2D eigenvalue weighted by atomic mass is 32.2. The zero-order valence-electron chi connectivity index (χ0n) is 35.6. The van der Waals surface area contributed by atoms with Crippen molar-refractivity contribution < 1.29 is 67.6 Å². The van der Waals surface area contributed by atoms with Gasteiger partial charge in [-0.05, 0) is 94.8 Å². The minimum Gasteiger partial charge on any atom is -0.744 e. The molecular formula is C43H58N2O14S3. The summed E-state index contributed by atoms with van der Waals surface area (Å²) in [5, 5.41) is 9.11. The van der Waals surface area contributed by atoms with Crippen LogP contribution in [0.4, 0.5) is 11.4 Å². The minimum absolute atomic E-state index is 0.0166. The highest BCUT2D eigenvalue weighted by Crippen LogP contribution is 2.50. The molecular weight excluding hydrogens is 865 g/mol. The number of carbonyl (C=O) groups is 1. The molecule has 0 spiro atoms. The average molecular weight is 923 g/mol. The van der Waals surface area contributed by atoms with Crippen LogP contribution in [0.15, 0.2) is 94.4 Å². The third kappa shape index (κ3) is 13.2. The van der Waals surface area contributed by atoms with Gasteiger partial charge in [-0.15, -0.1) is 0 Å². The number of methoxy groups -OCH3 is 1. The Hall–Kier alpha value is -4.05. The molecule has 16 nitrogen and oxygen atoms in total. The summed E-state index contributed by atoms with van der Waals surface area (Å²) in [6.45, 7) is 8.77. The number of unbranched alkanes of at least 4 members (excludes halogenated alkanes) is 2. The lowest BCUT2D eigenvalue weighted by Crippen LogP contribution is -2.32. The van der Waals surface area contributed by atoms with Crippen molar-refractivity contribution in [3.8, 4) is 0 Å². The maximum atomic E-state index is 12.2. The molecule has 2 aromatic rings. The molecule has 0 saturated carbocycles. The summed E-state index contributed by atoms with van der Waals surface area (Å²) in [6, 6.07) is 8.68. The Bertz CT molecular complexity index is 2410. The molecule has 2 aromatic carbocycles. The first-order valence-electron chi connectivity index (χ1n) is 20.4. The van der Waals surface area contributed by atoms with Gasteiger partial charge in [-0.25, -0.2) is 8.42 Å². The molecule has 2 atom stereocenters. The molecule has 0 aliphatic carbocycles. The standard InChI is InChI=1S/C43H58N2O14S3/c1-5-44-37-20-18-33(61(51,52)53)31-35(37)43(3,23-25-58-28-29-59-27-26-57-4)39(44)15-10-7-6-8-11-16-40-42(2,22-14-30-60(48,49)50)36-32-34(62(54,55)56)19-21-38(36)45(40)24-13-9-12-17-41(46)47/h6-8,10-11,15-16,18-21,31-32H,5,9,12-14,17,22-30H2,1-4H3,(H3-,46,47,48,49,50,51,52,53,54,55,56). The predicted octanol–water partition coefficient (Wildman–Crippen LogP) is 5.93. The van der Waals surface area contributed by atoms with Crippen molar-refractivity contribution in [2.24, 2.45) is 0 Å². The largest absolute Gasteiger partial charge is 0.744 e. The molecule has 0 bridgehead atoms. The van der Waals surface area contributed by atoms with Crippen LogP contribution in [0.5, 0.6) is 0 Å². The molecule has 2 aliphatic heterocycles. The van der Waals surface area contributed by atoms with Crippen LogP contribution in [0.25, 0.3) is 0 Å². The summed E-state index contributed by atoms with van der Waals surface area (Å²) >= 11 is 0. The van der Waals surface area contributed by atoms with Crippen molar-refractivity contribution in [3.05, 3.63) is 95.8 Å². The van der Waals surface area contributed by atoms with Crippen LogP contribution in [0.3, 0.4) is 0 Å². The van der Waals surface area contributed by atoms with E-state index in [1.165, 1.54) is 24.3 Å². The number of aliphatic carboxylic acids is 1. The smallest absolute Gasteiger partial charge is 0.303 e. The number of hydrogen-bond donors (Lipinski definition) is 3. The Morgan fingerprint density at radius 1 is 0.790 bits per heavy atom. The molecule has 342 valence electrons. The van der Waals surface area contributed by atoms with Gasteiger partial charge in [0.15, 0.2) is 5.71 Å². The Morgan fingerprint density at radius 2 is 1.44 bits per heavy atom. The molecule has 0 radical (unpaired) electrons. The van der Waals surface area contributed by atoms with Crippen LogP contribution in [0, 0.1) is 0 Å². The van der Waals surface area contributed by atoms with Crippen molar-refractivity contribution in [2.75, 3.05) is 63.9 Å². The SMILES string of the molecule is CCN1/C(=C/C=C/C=C/C=C/C2=[N+](CCCCCC(=O)O)c3ccc(S(=O)(=O)O)cc3C2(C)CCCS(=O)(=O)O)C(C)(CCOCCOCCOC)c2cc(S(=O)(=O)[O-])ccc21. The lowest BCUT2D eigenvalue weighted by molar-refractivity contribution is -0.438. The van der Waals surface area contributed by atoms with Crippen LogP contribution in [-0.2, 0) is 60.2 Å². The number of rotatable bonds is 26. The zero-order valence-corrected chi connectivity index (χ0v) is 38.0. The number of likely N-dealkylation sites (N-methyl/N-ethyl adjacent to an activating group) is 1. The monoisotopic (exact) mass is 922 g/mol. The highest BCUT2D eigenvalue weighted by Gasteiger charge is 2.48. The first-order valence-corrected chi connectivity index (χ1v) is 24.8. The topological polar surface area (TPSA) is 237 Å². The van der Waals surface area contributed by atoms with Gasteiger partial charge in [0.1, 0.15) is 16.7 Å². The Kier molecular flexibility index (Phi) is 18.0. The van der Waals surface area contributed by atoms with E-state index in [1.54, 1.807) is 37.5 Å². The van der Waals surface area contributed by atoms with Crippen LogP contribution < -0.4 is 4.90 Å². The number of nitrogens with zero attached hydrogens (tertiary/aromatic N) is 2. The summed E-state index contributed by atoms with van der Waals surface area (Å²) < 4.78 is 122. The Balaban J connectivity index is 1.66. The highest BCUT2D eigenvalue weighted by molar-refractivity contribution is 7.86. The molecule has 0 amide bonds. The van der Waals surface area contributed by atoms with E-state index in [0.29, 0.717) is 94.3 Å². The second-order valence-electron chi connectivity index (χ2n) is 15.5. The predicted molar refractivity (Wildman–Crippen MR) is 234 cm³/mol. The van der Waals surface area contributed by atoms with Gasteiger partial charge in [-0.3, -0.25) is 13.9 Å². The fraction of sp³-hybridized carbons (Fsp3) is 0.488. The van der Waals surface area contributed by atoms with Gasteiger partial charge < -0.3 is 28.8 Å². The van der Waals surface area contributed by atoms with Crippen LogP contribution in [0.1, 0.15) is 76.8 Å². The molecule has 2 aliphatic rings. The summed E-state index contributed by atoms with van der Waals surface area (Å²) in [6.07, 6.45) is 15.2. The van der Waals surface area contributed by atoms with Crippen molar-refractivity contribution in [2.45, 2.75) is 86.3 Å². The normalized spacial score (nSPS) is 20.1. The lowest BCUT2D eigenvalue weighted by Gasteiger charge is -2.30. The maximum absolute atomic E-state index is 12.2. The van der Waals surface area contributed by atoms with Crippen LogP contribution >= 0.6 is 0 Å². The van der Waals surface area contributed by atoms with Gasteiger partial charge in [-0.1, -0.05) is 30.4 Å². The molecule has 2 heterocycles. The van der Waals surface area contributed by atoms with E-state index >= 15 is 0 Å². The lowest BCUT2D eigenvalue weighted by atomic mass is 9.76. The third-order valence-corrected chi connectivity index (χ3v) is 13.7. The third-order valence-electron chi connectivity index (χ3n) is 11.2. The molecule has 4 rings (SSSR count). The van der Waals surface area contributed by atoms with Crippen molar-refractivity contribution in [1.29, 1.82) is 0 Å². The fourth-order valence-corrected chi connectivity index (χ4v) is 9.56. The van der Waals surface area contributed by atoms with E-state index in [-0.39, 0.29) is 29.1 Å². The second-order valence-corrected chi connectivity index (χ2v) is 19.8. The van der Waals surface area contributed by atoms with Gasteiger partial charge in [0.2, 0.25) is 5.69 Å². The van der Waals surface area contributed by atoms with Gasteiger partial charge in [-0.2, -0.15) is 21.4 Å². The number of benzene rings is 2. The second kappa shape index (κ2) is 22.0. The summed E-state index contributed by atoms with van der Waals surface area (Å²) in [7, 11) is -12.0. The Labute approximate surface area is 365 Å². The van der Waals surface area contributed by atoms with E-state index in [1.807, 2.05) is 49.7 Å². The first-order chi connectivity index (χ1) is 29.2. The molecule has 0 aromatic heterocycles. The summed E-state index contributed by atoms with van der Waals surface area (Å²) in [5.74, 6) is -1.41. The fourth-order valence-electron chi connectivity index (χ4n) is 8.04. The van der Waals surface area contributed by atoms with Gasteiger partial charge in [0.05, 0.1) is 47.4 Å². The van der Waals surface area contributed by atoms with Gasteiger partial charge in [0.25, 0.3) is 20.2 Å². The number of carboxylic acid groups (broad SMARTS) is 1. The summed E-state index contributed by atoms with van der Waals surface area (Å²) in [4.78, 5) is 12.5. The molecule has 62 heavy (non-hydrogen) atoms. The number of allylic oxidation sites excluding steroid dienone is 8. The molecule has 3 N–H and O–H groups in total. The Morgan fingerprint density at radius 3 is 2.08 bits per heavy atom. The van der Waals surface area contributed by atoms with Crippen molar-refractivity contribution in [1.82, 2.24) is 0 Å². The van der Waals surface area contributed by atoms with Gasteiger partial charge >= 0.3 is 5.97 Å². The average Bonchev–Trinajstić information content (AvgIpc) is 3.56. The number of carboxylic acids is 1. The first kappa shape index (κ1) is 50.6. The minimum atomic E-state index is -4.72. The maximum Gasteiger partial charge on any atom is 0.303 e.